The minimum absolute atomic E-state index is 0.00713. The van der Waals surface area contributed by atoms with Gasteiger partial charge < -0.3 is 5.11 Å². The van der Waals surface area contributed by atoms with Crippen LogP contribution in [0.2, 0.25) is 0 Å². The van der Waals surface area contributed by atoms with Gasteiger partial charge in [0.1, 0.15) is 11.9 Å². The van der Waals surface area contributed by atoms with Gasteiger partial charge in [0.05, 0.1) is 21.9 Å². The van der Waals surface area contributed by atoms with E-state index in [1.807, 2.05) is 0 Å². The van der Waals surface area contributed by atoms with E-state index in [0.29, 0.717) is 5.56 Å². The average molecular weight is 389 g/mol. The Morgan fingerprint density at radius 2 is 1.39 bits per heavy atom. The van der Waals surface area contributed by atoms with Crippen LogP contribution in [-0.4, -0.2) is 26.0 Å². The van der Waals surface area contributed by atoms with Gasteiger partial charge in [-0.2, -0.15) is 13.2 Å². The highest BCUT2D eigenvalue weighted by molar-refractivity contribution is 6.00. The molecule has 0 atom stereocenters. The summed E-state index contributed by atoms with van der Waals surface area (Å²) < 4.78 is 38.2. The highest BCUT2D eigenvalue weighted by atomic mass is 19.4. The van der Waals surface area contributed by atoms with E-state index in [-0.39, 0.29) is 28.2 Å². The molecule has 3 rings (SSSR count). The van der Waals surface area contributed by atoms with Gasteiger partial charge in [0, 0.05) is 23.3 Å². The SMILES string of the molecule is O=C(O)c1c(-c2ccc([N+](=O)[O-])cc2)ncnc1-c1ccc(C(F)(F)F)cc1. The molecular weight excluding hydrogens is 379 g/mol. The standard InChI is InChI=1S/C18H10F3N3O4/c19-18(20,21)12-5-1-10(2-6-12)15-14(17(25)26)16(23-9-22-15)11-3-7-13(8-4-11)24(27)28/h1-9H,(H,25,26). The van der Waals surface area contributed by atoms with Gasteiger partial charge in [-0.25, -0.2) is 14.8 Å². The van der Waals surface area contributed by atoms with Crippen molar-refractivity contribution in [2.45, 2.75) is 6.18 Å². The summed E-state index contributed by atoms with van der Waals surface area (Å²) >= 11 is 0. The Hall–Kier alpha value is -3.82. The Labute approximate surface area is 155 Å². The molecule has 1 N–H and O–H groups in total. The lowest BCUT2D eigenvalue weighted by Gasteiger charge is -2.11. The molecule has 0 fully saturated rings. The lowest BCUT2D eigenvalue weighted by Crippen LogP contribution is -2.07. The molecule has 3 aromatic rings. The van der Waals surface area contributed by atoms with Crippen LogP contribution in [0, 0.1) is 10.1 Å². The van der Waals surface area contributed by atoms with Crippen LogP contribution in [0.15, 0.2) is 54.9 Å². The predicted octanol–water partition coefficient (Wildman–Crippen LogP) is 4.44. The molecule has 1 heterocycles. The first-order valence-electron chi connectivity index (χ1n) is 7.69. The summed E-state index contributed by atoms with van der Waals surface area (Å²) in [6.07, 6.45) is -3.44. The van der Waals surface area contributed by atoms with Crippen LogP contribution in [0.5, 0.6) is 0 Å². The number of nitro benzene ring substituents is 1. The van der Waals surface area contributed by atoms with Crippen LogP contribution >= 0.6 is 0 Å². The van der Waals surface area contributed by atoms with E-state index >= 15 is 0 Å². The van der Waals surface area contributed by atoms with Crippen LogP contribution < -0.4 is 0 Å². The number of benzene rings is 2. The fourth-order valence-corrected chi connectivity index (χ4v) is 2.58. The molecule has 0 bridgehead atoms. The minimum atomic E-state index is -4.52. The van der Waals surface area contributed by atoms with Crippen molar-refractivity contribution in [1.82, 2.24) is 9.97 Å². The second-order valence-corrected chi connectivity index (χ2v) is 5.63. The summed E-state index contributed by atoms with van der Waals surface area (Å²) in [6, 6.07) is 8.96. The summed E-state index contributed by atoms with van der Waals surface area (Å²) in [5.74, 6) is -1.39. The van der Waals surface area contributed by atoms with Crippen molar-refractivity contribution >= 4 is 11.7 Å². The molecule has 0 aliphatic carbocycles. The third kappa shape index (κ3) is 3.65. The van der Waals surface area contributed by atoms with Gasteiger partial charge >= 0.3 is 12.1 Å². The number of carbonyl (C=O) groups is 1. The van der Waals surface area contributed by atoms with E-state index < -0.39 is 22.6 Å². The molecule has 0 amide bonds. The molecule has 2 aromatic carbocycles. The molecule has 7 nitrogen and oxygen atoms in total. The number of nitro groups is 1. The molecule has 0 unspecified atom stereocenters. The van der Waals surface area contributed by atoms with Crippen molar-refractivity contribution in [3.63, 3.8) is 0 Å². The number of non-ortho nitro benzene ring substituents is 1. The van der Waals surface area contributed by atoms with Crippen LogP contribution in [0.25, 0.3) is 22.5 Å². The summed E-state index contributed by atoms with van der Waals surface area (Å²) in [7, 11) is 0. The summed E-state index contributed by atoms with van der Waals surface area (Å²) in [4.78, 5) is 29.8. The topological polar surface area (TPSA) is 106 Å². The zero-order valence-electron chi connectivity index (χ0n) is 13.8. The maximum Gasteiger partial charge on any atom is 0.416 e. The molecule has 28 heavy (non-hydrogen) atoms. The molecule has 0 saturated carbocycles. The van der Waals surface area contributed by atoms with Crippen LogP contribution in [0.4, 0.5) is 18.9 Å². The summed E-state index contributed by atoms with van der Waals surface area (Å²) in [5, 5.41) is 20.4. The monoisotopic (exact) mass is 389 g/mol. The first-order valence-corrected chi connectivity index (χ1v) is 7.69. The van der Waals surface area contributed by atoms with Gasteiger partial charge in [0.15, 0.2) is 0 Å². The van der Waals surface area contributed by atoms with Gasteiger partial charge in [-0.15, -0.1) is 0 Å². The average Bonchev–Trinajstić information content (AvgIpc) is 2.66. The Morgan fingerprint density at radius 1 is 0.929 bits per heavy atom. The molecule has 0 radical (unpaired) electrons. The maximum atomic E-state index is 12.7. The number of aromatic carboxylic acids is 1. The molecule has 10 heteroatoms. The number of hydrogen-bond donors (Lipinski definition) is 1. The molecule has 0 saturated heterocycles. The van der Waals surface area contributed by atoms with Gasteiger partial charge in [-0.1, -0.05) is 12.1 Å². The van der Waals surface area contributed by atoms with E-state index in [4.69, 9.17) is 0 Å². The normalized spacial score (nSPS) is 11.2. The molecular formula is C18H10F3N3O4. The van der Waals surface area contributed by atoms with E-state index in [1.54, 1.807) is 0 Å². The van der Waals surface area contributed by atoms with E-state index in [9.17, 15) is 33.2 Å². The van der Waals surface area contributed by atoms with Crippen molar-refractivity contribution in [3.8, 4) is 22.5 Å². The van der Waals surface area contributed by atoms with Crippen molar-refractivity contribution in [2.75, 3.05) is 0 Å². The second kappa shape index (κ2) is 7.06. The minimum Gasteiger partial charge on any atom is -0.478 e. The maximum absolute atomic E-state index is 12.7. The van der Waals surface area contributed by atoms with Crippen LogP contribution in [-0.2, 0) is 6.18 Å². The lowest BCUT2D eigenvalue weighted by molar-refractivity contribution is -0.384. The van der Waals surface area contributed by atoms with Crippen molar-refractivity contribution in [1.29, 1.82) is 0 Å². The zero-order chi connectivity index (χ0) is 20.5. The number of rotatable bonds is 4. The van der Waals surface area contributed by atoms with Gasteiger partial charge in [-0.3, -0.25) is 10.1 Å². The third-order valence-electron chi connectivity index (χ3n) is 3.90. The molecule has 142 valence electrons. The van der Waals surface area contributed by atoms with E-state index in [1.165, 1.54) is 24.3 Å². The lowest BCUT2D eigenvalue weighted by atomic mass is 9.99. The largest absolute Gasteiger partial charge is 0.478 e. The van der Waals surface area contributed by atoms with Crippen molar-refractivity contribution in [2.24, 2.45) is 0 Å². The van der Waals surface area contributed by atoms with Gasteiger partial charge in [-0.05, 0) is 24.3 Å². The van der Waals surface area contributed by atoms with Crippen molar-refractivity contribution in [3.05, 3.63) is 76.1 Å². The quantitative estimate of drug-likeness (QED) is 0.522. The number of hydrogen-bond acceptors (Lipinski definition) is 5. The molecule has 0 aliphatic rings. The molecule has 0 aliphatic heterocycles. The molecule has 0 spiro atoms. The Morgan fingerprint density at radius 3 is 1.79 bits per heavy atom. The fraction of sp³-hybridized carbons (Fsp3) is 0.0556. The van der Waals surface area contributed by atoms with E-state index in [0.717, 1.165) is 30.6 Å². The summed E-state index contributed by atoms with van der Waals surface area (Å²) in [5.41, 5.74) is -1.00. The van der Waals surface area contributed by atoms with Crippen molar-refractivity contribution < 1.29 is 28.0 Å². The fourth-order valence-electron chi connectivity index (χ4n) is 2.58. The number of aromatic nitrogens is 2. The highest BCUT2D eigenvalue weighted by Gasteiger charge is 2.30. The number of nitrogens with zero attached hydrogens (tertiary/aromatic N) is 3. The molecule has 1 aromatic heterocycles. The third-order valence-corrected chi connectivity index (χ3v) is 3.90. The smallest absolute Gasteiger partial charge is 0.416 e. The predicted molar refractivity (Wildman–Crippen MR) is 91.5 cm³/mol. The Kier molecular flexibility index (Phi) is 4.78. The number of carboxylic acids is 1. The first-order chi connectivity index (χ1) is 13.2. The first kappa shape index (κ1) is 19.0. The Bertz CT molecular complexity index is 1050. The number of alkyl halides is 3. The van der Waals surface area contributed by atoms with Gasteiger partial charge in [0.25, 0.3) is 5.69 Å². The number of halogens is 3. The van der Waals surface area contributed by atoms with E-state index in [2.05, 4.69) is 9.97 Å². The zero-order valence-corrected chi connectivity index (χ0v) is 13.8. The van der Waals surface area contributed by atoms with Crippen LogP contribution in [0.1, 0.15) is 15.9 Å². The second-order valence-electron chi connectivity index (χ2n) is 5.63. The summed E-state index contributed by atoms with van der Waals surface area (Å²) in [6.45, 7) is 0. The van der Waals surface area contributed by atoms with Crippen LogP contribution in [0.3, 0.4) is 0 Å². The Balaban J connectivity index is 2.12. The van der Waals surface area contributed by atoms with Gasteiger partial charge in [0.2, 0.25) is 0 Å². The number of carboxylic acid groups (broad SMARTS) is 1. The highest BCUT2D eigenvalue weighted by Crippen LogP contribution is 2.33.